The highest BCUT2D eigenvalue weighted by atomic mass is 16.1. The molecule has 2 aromatic rings. The molecule has 6 nitrogen and oxygen atoms in total. The van der Waals surface area contributed by atoms with Crippen LogP contribution in [0.3, 0.4) is 0 Å². The Morgan fingerprint density at radius 1 is 1.20 bits per heavy atom. The summed E-state index contributed by atoms with van der Waals surface area (Å²) >= 11 is 0. The van der Waals surface area contributed by atoms with E-state index in [0.717, 1.165) is 23.9 Å². The minimum absolute atomic E-state index is 0.0873. The largest absolute Gasteiger partial charge is 0.360 e. The molecular weight excluding hydrogens is 254 g/mol. The van der Waals surface area contributed by atoms with Gasteiger partial charge in [0, 0.05) is 19.0 Å². The lowest BCUT2D eigenvalue weighted by Gasteiger charge is -2.11. The second kappa shape index (κ2) is 6.70. The molecule has 1 heterocycles. The molecule has 1 aromatic heterocycles. The summed E-state index contributed by atoms with van der Waals surface area (Å²) in [5.74, 6) is 1.15. The van der Waals surface area contributed by atoms with Crippen LogP contribution in [-0.4, -0.2) is 36.0 Å². The fourth-order valence-electron chi connectivity index (χ4n) is 1.78. The summed E-state index contributed by atoms with van der Waals surface area (Å²) in [6.45, 7) is 3.08. The van der Waals surface area contributed by atoms with Gasteiger partial charge in [0.05, 0.1) is 12.1 Å². The van der Waals surface area contributed by atoms with Gasteiger partial charge in [-0.05, 0) is 18.6 Å². The van der Waals surface area contributed by atoms with Crippen molar-refractivity contribution in [3.63, 3.8) is 0 Å². The van der Waals surface area contributed by atoms with Crippen molar-refractivity contribution in [3.05, 3.63) is 24.3 Å². The summed E-state index contributed by atoms with van der Waals surface area (Å²) in [5.41, 5.74) is 0.848. The first-order chi connectivity index (χ1) is 9.74. The number of anilines is 2. The first-order valence-electron chi connectivity index (χ1n) is 6.69. The van der Waals surface area contributed by atoms with Crippen LogP contribution < -0.4 is 16.0 Å². The second-order valence-electron chi connectivity index (χ2n) is 4.37. The molecule has 106 valence electrons. The Kier molecular flexibility index (Phi) is 4.70. The van der Waals surface area contributed by atoms with Crippen LogP contribution in [0, 0.1) is 0 Å². The number of nitrogens with one attached hydrogen (secondary N) is 3. The second-order valence-corrected chi connectivity index (χ2v) is 4.37. The lowest BCUT2D eigenvalue weighted by Crippen LogP contribution is -2.26. The highest BCUT2D eigenvalue weighted by molar-refractivity contribution is 5.91. The number of carbonyl (C=O) groups is 1. The molecule has 0 spiro atoms. The Labute approximate surface area is 118 Å². The fraction of sp³-hybridized carbons (Fsp3) is 0.357. The summed E-state index contributed by atoms with van der Waals surface area (Å²) in [5, 5.41) is 9.69. The van der Waals surface area contributed by atoms with Gasteiger partial charge in [-0.3, -0.25) is 4.79 Å². The quantitative estimate of drug-likeness (QED) is 0.745. The Bertz CT molecular complexity index is 599. The smallest absolute Gasteiger partial charge is 0.239 e. The minimum Gasteiger partial charge on any atom is -0.360 e. The van der Waals surface area contributed by atoms with Crippen molar-refractivity contribution in [1.29, 1.82) is 0 Å². The van der Waals surface area contributed by atoms with Gasteiger partial charge in [-0.1, -0.05) is 19.1 Å². The number of carbonyl (C=O) groups excluding carboxylic acids is 1. The summed E-state index contributed by atoms with van der Waals surface area (Å²) in [4.78, 5) is 20.2. The van der Waals surface area contributed by atoms with Crippen LogP contribution in [0.25, 0.3) is 10.9 Å². The van der Waals surface area contributed by atoms with E-state index in [2.05, 4.69) is 32.8 Å². The minimum atomic E-state index is -0.0873. The van der Waals surface area contributed by atoms with E-state index in [-0.39, 0.29) is 12.5 Å². The zero-order chi connectivity index (χ0) is 14.4. The lowest BCUT2D eigenvalue weighted by atomic mass is 10.2. The van der Waals surface area contributed by atoms with E-state index < -0.39 is 0 Å². The van der Waals surface area contributed by atoms with Gasteiger partial charge in [0.15, 0.2) is 0 Å². The molecule has 6 heteroatoms. The maximum atomic E-state index is 11.3. The number of amides is 1. The zero-order valence-corrected chi connectivity index (χ0v) is 11.7. The Hall–Kier alpha value is -2.37. The molecule has 0 unspecified atom stereocenters. The Morgan fingerprint density at radius 2 is 2.00 bits per heavy atom. The average molecular weight is 273 g/mol. The van der Waals surface area contributed by atoms with Crippen molar-refractivity contribution in [2.24, 2.45) is 0 Å². The normalized spacial score (nSPS) is 10.3. The van der Waals surface area contributed by atoms with E-state index in [9.17, 15) is 4.79 Å². The van der Waals surface area contributed by atoms with Gasteiger partial charge in [0.2, 0.25) is 11.9 Å². The molecule has 0 fully saturated rings. The van der Waals surface area contributed by atoms with Crippen LogP contribution in [0.2, 0.25) is 0 Å². The number of para-hydroxylation sites is 1. The molecule has 3 N–H and O–H groups in total. The first-order valence-corrected chi connectivity index (χ1v) is 6.69. The molecule has 0 saturated heterocycles. The third-order valence-electron chi connectivity index (χ3n) is 2.83. The van der Waals surface area contributed by atoms with E-state index in [1.54, 1.807) is 7.05 Å². The van der Waals surface area contributed by atoms with Gasteiger partial charge >= 0.3 is 0 Å². The van der Waals surface area contributed by atoms with Crippen molar-refractivity contribution >= 4 is 28.6 Å². The monoisotopic (exact) mass is 273 g/mol. The van der Waals surface area contributed by atoms with E-state index >= 15 is 0 Å². The topological polar surface area (TPSA) is 78.9 Å². The molecule has 1 amide bonds. The first kappa shape index (κ1) is 14.0. The number of nitrogens with zero attached hydrogens (tertiary/aromatic N) is 2. The van der Waals surface area contributed by atoms with Crippen molar-refractivity contribution in [3.8, 4) is 0 Å². The van der Waals surface area contributed by atoms with E-state index in [1.165, 1.54) is 0 Å². The maximum Gasteiger partial charge on any atom is 0.239 e. The molecule has 20 heavy (non-hydrogen) atoms. The van der Waals surface area contributed by atoms with Gasteiger partial charge < -0.3 is 16.0 Å². The van der Waals surface area contributed by atoms with Gasteiger partial charge in [0.1, 0.15) is 5.82 Å². The average Bonchev–Trinajstić information content (AvgIpc) is 2.50. The Morgan fingerprint density at radius 3 is 2.75 bits per heavy atom. The van der Waals surface area contributed by atoms with E-state index in [0.29, 0.717) is 11.8 Å². The van der Waals surface area contributed by atoms with Crippen LogP contribution in [0.1, 0.15) is 13.3 Å². The third kappa shape index (κ3) is 3.34. The van der Waals surface area contributed by atoms with Crippen molar-refractivity contribution < 1.29 is 4.79 Å². The van der Waals surface area contributed by atoms with E-state index in [1.807, 2.05) is 24.3 Å². The number of hydrogen-bond acceptors (Lipinski definition) is 5. The predicted molar refractivity (Wildman–Crippen MR) is 80.9 cm³/mol. The standard InChI is InChI=1S/C14H19N5O/c1-3-8-16-14-18-11-7-5-4-6-10(11)13(19-14)17-9-12(20)15-2/h4-7H,3,8-9H2,1-2H3,(H,15,20)(H2,16,17,18,19). The molecule has 2 rings (SSSR count). The summed E-state index contributed by atoms with van der Waals surface area (Å²) in [6, 6.07) is 7.72. The van der Waals surface area contributed by atoms with Crippen LogP contribution >= 0.6 is 0 Å². The number of fused-ring (bicyclic) bond motifs is 1. The number of hydrogen-bond donors (Lipinski definition) is 3. The third-order valence-corrected chi connectivity index (χ3v) is 2.83. The van der Waals surface area contributed by atoms with Crippen LogP contribution in [0.15, 0.2) is 24.3 Å². The highest BCUT2D eigenvalue weighted by Gasteiger charge is 2.08. The molecule has 0 aliphatic rings. The fourth-order valence-corrected chi connectivity index (χ4v) is 1.78. The van der Waals surface area contributed by atoms with Gasteiger partial charge in [-0.25, -0.2) is 4.98 Å². The summed E-state index contributed by atoms with van der Waals surface area (Å²) in [7, 11) is 1.61. The molecule has 0 bridgehead atoms. The lowest BCUT2D eigenvalue weighted by molar-refractivity contribution is -0.118. The SMILES string of the molecule is CCCNc1nc(NCC(=O)NC)c2ccccc2n1. The molecular formula is C14H19N5O. The molecule has 0 radical (unpaired) electrons. The van der Waals surface area contributed by atoms with Crippen molar-refractivity contribution in [2.75, 3.05) is 30.8 Å². The maximum absolute atomic E-state index is 11.3. The van der Waals surface area contributed by atoms with Crippen LogP contribution in [-0.2, 0) is 4.79 Å². The van der Waals surface area contributed by atoms with Crippen molar-refractivity contribution in [2.45, 2.75) is 13.3 Å². The highest BCUT2D eigenvalue weighted by Crippen LogP contribution is 2.21. The molecule has 0 aliphatic carbocycles. The number of rotatable bonds is 6. The summed E-state index contributed by atoms with van der Waals surface area (Å²) in [6.07, 6.45) is 0.997. The van der Waals surface area contributed by atoms with Gasteiger partial charge in [-0.2, -0.15) is 4.98 Å². The molecule has 0 atom stereocenters. The number of likely N-dealkylation sites (N-methyl/N-ethyl adjacent to an activating group) is 1. The van der Waals surface area contributed by atoms with Crippen molar-refractivity contribution in [1.82, 2.24) is 15.3 Å². The van der Waals surface area contributed by atoms with Crippen LogP contribution in [0.4, 0.5) is 11.8 Å². The van der Waals surface area contributed by atoms with Gasteiger partial charge in [-0.15, -0.1) is 0 Å². The molecule has 0 saturated carbocycles. The number of aromatic nitrogens is 2. The Balaban J connectivity index is 2.31. The summed E-state index contributed by atoms with van der Waals surface area (Å²) < 4.78 is 0. The zero-order valence-electron chi connectivity index (χ0n) is 11.7. The predicted octanol–water partition coefficient (Wildman–Crippen LogP) is 1.61. The van der Waals surface area contributed by atoms with Gasteiger partial charge in [0.25, 0.3) is 0 Å². The molecule has 1 aromatic carbocycles. The van der Waals surface area contributed by atoms with Crippen LogP contribution in [0.5, 0.6) is 0 Å². The molecule has 0 aliphatic heterocycles. The number of benzene rings is 1. The van der Waals surface area contributed by atoms with E-state index in [4.69, 9.17) is 0 Å².